The summed E-state index contributed by atoms with van der Waals surface area (Å²) in [6.45, 7) is 2.20. The SMILES string of the molecule is COc1ccc(Cn2ccnc2C(Cc2ccccc2)NC(=O)NS(=O)(=O)c2ccccc2C)cc1. The molecule has 0 spiro atoms. The molecule has 0 bridgehead atoms. The Kier molecular flexibility index (Phi) is 7.70. The van der Waals surface area contributed by atoms with Crippen molar-refractivity contribution >= 4 is 16.1 Å². The first-order chi connectivity index (χ1) is 17.4. The lowest BCUT2D eigenvalue weighted by Crippen LogP contribution is -2.42. The molecule has 4 rings (SSSR count). The summed E-state index contributed by atoms with van der Waals surface area (Å²) < 4.78 is 35.0. The Labute approximate surface area is 211 Å². The molecule has 3 aromatic carbocycles. The van der Waals surface area contributed by atoms with Crippen LogP contribution in [0.2, 0.25) is 0 Å². The maximum Gasteiger partial charge on any atom is 0.329 e. The summed E-state index contributed by atoms with van der Waals surface area (Å²) in [5, 5.41) is 2.83. The van der Waals surface area contributed by atoms with Gasteiger partial charge >= 0.3 is 6.03 Å². The van der Waals surface area contributed by atoms with Gasteiger partial charge in [-0.1, -0.05) is 60.7 Å². The second-order valence-corrected chi connectivity index (χ2v) is 10.00. The van der Waals surface area contributed by atoms with Crippen LogP contribution in [0.25, 0.3) is 0 Å². The Balaban J connectivity index is 1.58. The van der Waals surface area contributed by atoms with Crippen molar-refractivity contribution in [1.29, 1.82) is 0 Å². The van der Waals surface area contributed by atoms with Crippen LogP contribution in [0.5, 0.6) is 5.75 Å². The number of rotatable bonds is 9. The normalized spacial score (nSPS) is 12.1. The number of nitrogens with zero attached hydrogens (tertiary/aromatic N) is 2. The Bertz CT molecular complexity index is 1420. The zero-order valence-corrected chi connectivity index (χ0v) is 20.9. The summed E-state index contributed by atoms with van der Waals surface area (Å²) in [5.74, 6) is 1.37. The molecule has 186 valence electrons. The van der Waals surface area contributed by atoms with Crippen molar-refractivity contribution < 1.29 is 17.9 Å². The molecule has 0 aliphatic heterocycles. The molecule has 0 saturated carbocycles. The van der Waals surface area contributed by atoms with Crippen molar-refractivity contribution in [2.75, 3.05) is 7.11 Å². The van der Waals surface area contributed by atoms with Crippen molar-refractivity contribution in [3.05, 3.63) is 114 Å². The van der Waals surface area contributed by atoms with Crippen molar-refractivity contribution in [3.63, 3.8) is 0 Å². The monoisotopic (exact) mass is 504 g/mol. The number of amides is 2. The highest BCUT2D eigenvalue weighted by Gasteiger charge is 2.24. The van der Waals surface area contributed by atoms with E-state index in [1.807, 2.05) is 65.4 Å². The molecule has 4 aromatic rings. The number of carbonyl (C=O) groups is 1. The number of carbonyl (C=O) groups excluding carboxylic acids is 1. The maximum absolute atomic E-state index is 12.9. The van der Waals surface area contributed by atoms with E-state index in [0.717, 1.165) is 16.9 Å². The average molecular weight is 505 g/mol. The third-order valence-electron chi connectivity index (χ3n) is 5.77. The molecule has 1 heterocycles. The van der Waals surface area contributed by atoms with Gasteiger partial charge < -0.3 is 14.6 Å². The van der Waals surface area contributed by atoms with Gasteiger partial charge in [0.15, 0.2) is 0 Å². The van der Waals surface area contributed by atoms with Gasteiger partial charge in [-0.3, -0.25) is 0 Å². The first-order valence-corrected chi connectivity index (χ1v) is 12.9. The van der Waals surface area contributed by atoms with Gasteiger partial charge in [-0.15, -0.1) is 0 Å². The lowest BCUT2D eigenvalue weighted by atomic mass is 10.1. The topological polar surface area (TPSA) is 102 Å². The fraction of sp³-hybridized carbons (Fsp3) is 0.185. The third-order valence-corrected chi connectivity index (χ3v) is 7.26. The van der Waals surface area contributed by atoms with Crippen LogP contribution in [0, 0.1) is 6.92 Å². The van der Waals surface area contributed by atoms with Crippen LogP contribution in [0.3, 0.4) is 0 Å². The smallest absolute Gasteiger partial charge is 0.329 e. The summed E-state index contributed by atoms with van der Waals surface area (Å²) in [7, 11) is -2.43. The van der Waals surface area contributed by atoms with E-state index < -0.39 is 22.1 Å². The Morgan fingerprint density at radius 1 is 0.972 bits per heavy atom. The van der Waals surface area contributed by atoms with Gasteiger partial charge in [0.2, 0.25) is 0 Å². The van der Waals surface area contributed by atoms with Gasteiger partial charge in [-0.05, 0) is 48.2 Å². The molecule has 2 amide bonds. The van der Waals surface area contributed by atoms with Crippen LogP contribution < -0.4 is 14.8 Å². The van der Waals surface area contributed by atoms with Gasteiger partial charge in [-0.25, -0.2) is 22.9 Å². The first kappa shape index (κ1) is 25.0. The fourth-order valence-corrected chi connectivity index (χ4v) is 5.13. The minimum absolute atomic E-state index is 0.0563. The highest BCUT2D eigenvalue weighted by Crippen LogP contribution is 2.20. The van der Waals surface area contributed by atoms with Crippen molar-refractivity contribution in [1.82, 2.24) is 19.6 Å². The molecule has 0 radical (unpaired) electrons. The molecule has 0 fully saturated rings. The van der Waals surface area contributed by atoms with E-state index in [2.05, 4.69) is 15.0 Å². The van der Waals surface area contributed by atoms with E-state index >= 15 is 0 Å². The van der Waals surface area contributed by atoms with Gasteiger partial charge in [0.1, 0.15) is 11.6 Å². The number of hydrogen-bond acceptors (Lipinski definition) is 5. The second-order valence-electron chi connectivity index (χ2n) is 8.35. The van der Waals surface area contributed by atoms with Gasteiger partial charge in [0.05, 0.1) is 18.0 Å². The van der Waals surface area contributed by atoms with Gasteiger partial charge in [0.25, 0.3) is 10.0 Å². The van der Waals surface area contributed by atoms with E-state index in [-0.39, 0.29) is 4.90 Å². The molecule has 1 unspecified atom stereocenters. The molecule has 36 heavy (non-hydrogen) atoms. The molecule has 9 heteroatoms. The number of urea groups is 1. The number of ether oxygens (including phenoxy) is 1. The van der Waals surface area contributed by atoms with Gasteiger partial charge in [-0.2, -0.15) is 0 Å². The Hall–Kier alpha value is -4.11. The number of hydrogen-bond donors (Lipinski definition) is 2. The molecule has 2 N–H and O–H groups in total. The molecular weight excluding hydrogens is 476 g/mol. The highest BCUT2D eigenvalue weighted by molar-refractivity contribution is 7.90. The number of imidazole rings is 1. The lowest BCUT2D eigenvalue weighted by molar-refractivity contribution is 0.241. The standard InChI is InChI=1S/C27H28N4O4S/c1-20-8-6-7-11-25(20)36(33,34)30-27(32)29-24(18-21-9-4-3-5-10-21)26-28-16-17-31(26)19-22-12-14-23(35-2)15-13-22/h3-17,24H,18-19H2,1-2H3,(H2,29,30,32). The fourth-order valence-electron chi connectivity index (χ4n) is 3.97. The molecule has 0 aliphatic rings. The zero-order valence-electron chi connectivity index (χ0n) is 20.1. The van der Waals surface area contributed by atoms with Crippen LogP contribution in [-0.2, 0) is 23.0 Å². The summed E-state index contributed by atoms with van der Waals surface area (Å²) in [6, 6.07) is 22.5. The second kappa shape index (κ2) is 11.1. The highest BCUT2D eigenvalue weighted by atomic mass is 32.2. The third kappa shape index (κ3) is 6.11. The summed E-state index contributed by atoms with van der Waals surface area (Å²) >= 11 is 0. The summed E-state index contributed by atoms with van der Waals surface area (Å²) in [5.41, 5.74) is 2.55. The molecule has 8 nitrogen and oxygen atoms in total. The van der Waals surface area contributed by atoms with Gasteiger partial charge in [0, 0.05) is 18.9 Å². The number of sulfonamides is 1. The molecule has 0 saturated heterocycles. The van der Waals surface area contributed by atoms with Crippen LogP contribution >= 0.6 is 0 Å². The number of benzene rings is 3. The molecular formula is C27H28N4O4S. The minimum Gasteiger partial charge on any atom is -0.497 e. The first-order valence-electron chi connectivity index (χ1n) is 11.4. The van der Waals surface area contributed by atoms with Crippen LogP contribution in [0.4, 0.5) is 4.79 Å². The Morgan fingerprint density at radius 3 is 2.36 bits per heavy atom. The molecule has 1 aromatic heterocycles. The summed E-state index contributed by atoms with van der Waals surface area (Å²) in [6.07, 6.45) is 3.93. The predicted octanol–water partition coefficient (Wildman–Crippen LogP) is 4.22. The molecule has 1 atom stereocenters. The van der Waals surface area contributed by atoms with Crippen molar-refractivity contribution in [2.24, 2.45) is 0 Å². The number of aryl methyl sites for hydroxylation is 1. The van der Waals surface area contributed by atoms with E-state index in [1.54, 1.807) is 38.4 Å². The van der Waals surface area contributed by atoms with E-state index in [4.69, 9.17) is 4.74 Å². The number of aromatic nitrogens is 2. The number of nitrogens with one attached hydrogen (secondary N) is 2. The number of methoxy groups -OCH3 is 1. The van der Waals surface area contributed by atoms with E-state index in [9.17, 15) is 13.2 Å². The zero-order chi connectivity index (χ0) is 25.5. The lowest BCUT2D eigenvalue weighted by Gasteiger charge is -2.21. The van der Waals surface area contributed by atoms with E-state index in [1.165, 1.54) is 6.07 Å². The summed E-state index contributed by atoms with van der Waals surface area (Å²) in [4.78, 5) is 17.5. The van der Waals surface area contributed by atoms with Crippen LogP contribution in [0.15, 0.2) is 96.2 Å². The maximum atomic E-state index is 12.9. The quantitative estimate of drug-likeness (QED) is 0.355. The van der Waals surface area contributed by atoms with Crippen LogP contribution in [-0.4, -0.2) is 31.1 Å². The van der Waals surface area contributed by atoms with Crippen molar-refractivity contribution in [3.8, 4) is 5.75 Å². The molecule has 0 aliphatic carbocycles. The van der Waals surface area contributed by atoms with Crippen LogP contribution in [0.1, 0.15) is 28.6 Å². The predicted molar refractivity (Wildman–Crippen MR) is 137 cm³/mol. The van der Waals surface area contributed by atoms with E-state index in [0.29, 0.717) is 24.4 Å². The Morgan fingerprint density at radius 2 is 1.67 bits per heavy atom. The van der Waals surface area contributed by atoms with Crippen molar-refractivity contribution in [2.45, 2.75) is 30.8 Å². The average Bonchev–Trinajstić information content (AvgIpc) is 3.32. The minimum atomic E-state index is -4.04. The largest absolute Gasteiger partial charge is 0.497 e.